The van der Waals surface area contributed by atoms with Crippen LogP contribution >= 0.6 is 0 Å². The number of amides is 1. The van der Waals surface area contributed by atoms with Gasteiger partial charge in [-0.3, -0.25) is 14.9 Å². The largest absolute Gasteiger partial charge is 0.375 e. The van der Waals surface area contributed by atoms with Gasteiger partial charge in [-0.1, -0.05) is 0 Å². The molecule has 0 N–H and O–H groups in total. The molecule has 0 aromatic heterocycles. The maximum Gasteiger partial charge on any atom is 0.305 e. The standard InChI is InChI=1S/C12H13FN2O4/c1-8-7-14(4-5-19-8)12(16)9-2-3-10(13)11(6-9)15(17)18/h2-3,6,8H,4-5,7H2,1H3. The number of morpholine rings is 1. The number of hydrogen-bond donors (Lipinski definition) is 0. The molecular formula is C12H13FN2O4. The minimum absolute atomic E-state index is 0.0758. The number of nitrogens with zero attached hydrogens (tertiary/aromatic N) is 2. The Kier molecular flexibility index (Phi) is 3.75. The molecule has 1 aliphatic rings. The normalized spacial score (nSPS) is 19.3. The van der Waals surface area contributed by atoms with E-state index in [0.29, 0.717) is 19.7 Å². The van der Waals surface area contributed by atoms with E-state index in [1.165, 1.54) is 6.07 Å². The summed E-state index contributed by atoms with van der Waals surface area (Å²) in [5.74, 6) is -1.30. The van der Waals surface area contributed by atoms with Crippen molar-refractivity contribution in [3.63, 3.8) is 0 Å². The summed E-state index contributed by atoms with van der Waals surface area (Å²) in [6.07, 6.45) is -0.0758. The first-order valence-corrected chi connectivity index (χ1v) is 5.84. The van der Waals surface area contributed by atoms with Gasteiger partial charge >= 0.3 is 5.69 Å². The zero-order valence-electron chi connectivity index (χ0n) is 10.3. The fourth-order valence-electron chi connectivity index (χ4n) is 1.97. The number of carbonyl (C=O) groups is 1. The van der Waals surface area contributed by atoms with E-state index in [-0.39, 0.29) is 17.6 Å². The van der Waals surface area contributed by atoms with Crippen LogP contribution in [-0.2, 0) is 4.74 Å². The molecule has 6 nitrogen and oxygen atoms in total. The van der Waals surface area contributed by atoms with Crippen molar-refractivity contribution in [2.45, 2.75) is 13.0 Å². The summed E-state index contributed by atoms with van der Waals surface area (Å²) in [7, 11) is 0. The van der Waals surface area contributed by atoms with Crippen molar-refractivity contribution in [2.75, 3.05) is 19.7 Å². The Bertz CT molecular complexity index is 520. The number of benzene rings is 1. The van der Waals surface area contributed by atoms with Crippen molar-refractivity contribution in [3.05, 3.63) is 39.7 Å². The van der Waals surface area contributed by atoms with E-state index in [0.717, 1.165) is 12.1 Å². The molecule has 1 aromatic rings. The van der Waals surface area contributed by atoms with Gasteiger partial charge in [0, 0.05) is 24.7 Å². The molecule has 1 unspecified atom stereocenters. The Hall–Kier alpha value is -2.02. The number of rotatable bonds is 2. The first-order valence-electron chi connectivity index (χ1n) is 5.84. The molecule has 1 atom stereocenters. The Morgan fingerprint density at radius 3 is 2.95 bits per heavy atom. The minimum Gasteiger partial charge on any atom is -0.375 e. The number of halogens is 1. The summed E-state index contributed by atoms with van der Waals surface area (Å²) in [6, 6.07) is 3.16. The Balaban J connectivity index is 2.24. The molecule has 1 aromatic carbocycles. The van der Waals surface area contributed by atoms with Gasteiger partial charge in [-0.25, -0.2) is 0 Å². The molecule has 0 radical (unpaired) electrons. The maximum absolute atomic E-state index is 13.2. The SMILES string of the molecule is CC1CN(C(=O)c2ccc(F)c([N+](=O)[O-])c2)CCO1. The lowest BCUT2D eigenvalue weighted by Crippen LogP contribution is -2.44. The Labute approximate surface area is 108 Å². The zero-order chi connectivity index (χ0) is 14.0. The van der Waals surface area contributed by atoms with E-state index < -0.39 is 16.4 Å². The maximum atomic E-state index is 13.2. The van der Waals surface area contributed by atoms with E-state index in [1.54, 1.807) is 4.90 Å². The molecule has 1 aliphatic heterocycles. The second-order valence-corrected chi connectivity index (χ2v) is 4.36. The smallest absolute Gasteiger partial charge is 0.305 e. The molecule has 19 heavy (non-hydrogen) atoms. The second kappa shape index (κ2) is 5.31. The molecule has 1 heterocycles. The van der Waals surface area contributed by atoms with Crippen LogP contribution in [-0.4, -0.2) is 41.5 Å². The number of ether oxygens (including phenoxy) is 1. The molecule has 0 saturated carbocycles. The summed E-state index contributed by atoms with van der Waals surface area (Å²) in [4.78, 5) is 23.5. The summed E-state index contributed by atoms with van der Waals surface area (Å²) in [5.41, 5.74) is -0.575. The second-order valence-electron chi connectivity index (χ2n) is 4.36. The Morgan fingerprint density at radius 1 is 1.58 bits per heavy atom. The van der Waals surface area contributed by atoms with E-state index in [2.05, 4.69) is 0 Å². The first-order chi connectivity index (χ1) is 8.99. The quantitative estimate of drug-likeness (QED) is 0.603. The minimum atomic E-state index is -0.947. The highest BCUT2D eigenvalue weighted by molar-refractivity contribution is 5.95. The van der Waals surface area contributed by atoms with Crippen molar-refractivity contribution >= 4 is 11.6 Å². The number of nitro benzene ring substituents is 1. The molecule has 0 spiro atoms. The van der Waals surface area contributed by atoms with Crippen molar-refractivity contribution in [3.8, 4) is 0 Å². The van der Waals surface area contributed by atoms with Gasteiger partial charge in [0.2, 0.25) is 5.82 Å². The summed E-state index contributed by atoms with van der Waals surface area (Å²) < 4.78 is 18.5. The molecule has 2 rings (SSSR count). The highest BCUT2D eigenvalue weighted by atomic mass is 19.1. The van der Waals surface area contributed by atoms with Crippen LogP contribution in [0, 0.1) is 15.9 Å². The van der Waals surface area contributed by atoms with Gasteiger partial charge in [0.25, 0.3) is 5.91 Å². The number of hydrogen-bond acceptors (Lipinski definition) is 4. The summed E-state index contributed by atoms with van der Waals surface area (Å²) in [6.45, 7) is 3.11. The molecule has 7 heteroatoms. The number of nitro groups is 1. The Morgan fingerprint density at radius 2 is 2.32 bits per heavy atom. The summed E-state index contributed by atoms with van der Waals surface area (Å²) >= 11 is 0. The predicted octanol–water partition coefficient (Wildman–Crippen LogP) is 1.59. The van der Waals surface area contributed by atoms with E-state index >= 15 is 0 Å². The molecule has 1 fully saturated rings. The molecule has 1 saturated heterocycles. The van der Waals surface area contributed by atoms with Crippen LogP contribution < -0.4 is 0 Å². The summed E-state index contributed by atoms with van der Waals surface area (Å²) in [5, 5.41) is 10.6. The van der Waals surface area contributed by atoms with Gasteiger partial charge in [0.1, 0.15) is 0 Å². The lowest BCUT2D eigenvalue weighted by atomic mass is 10.1. The molecule has 0 bridgehead atoms. The van der Waals surface area contributed by atoms with Crippen LogP contribution in [0.5, 0.6) is 0 Å². The van der Waals surface area contributed by atoms with Crippen molar-refractivity contribution in [1.29, 1.82) is 0 Å². The lowest BCUT2D eigenvalue weighted by Gasteiger charge is -2.31. The topological polar surface area (TPSA) is 72.7 Å². The van der Waals surface area contributed by atoms with Crippen LogP contribution in [0.3, 0.4) is 0 Å². The average Bonchev–Trinajstić information content (AvgIpc) is 2.38. The lowest BCUT2D eigenvalue weighted by molar-refractivity contribution is -0.387. The fourth-order valence-corrected chi connectivity index (χ4v) is 1.97. The van der Waals surface area contributed by atoms with Crippen LogP contribution in [0.2, 0.25) is 0 Å². The van der Waals surface area contributed by atoms with Crippen LogP contribution in [0.25, 0.3) is 0 Å². The van der Waals surface area contributed by atoms with E-state index in [1.807, 2.05) is 6.92 Å². The van der Waals surface area contributed by atoms with Gasteiger partial charge in [-0.15, -0.1) is 0 Å². The third-order valence-corrected chi connectivity index (χ3v) is 2.92. The van der Waals surface area contributed by atoms with Gasteiger partial charge in [-0.05, 0) is 19.1 Å². The predicted molar refractivity (Wildman–Crippen MR) is 64.4 cm³/mol. The monoisotopic (exact) mass is 268 g/mol. The van der Waals surface area contributed by atoms with Crippen LogP contribution in [0.15, 0.2) is 18.2 Å². The third kappa shape index (κ3) is 2.87. The van der Waals surface area contributed by atoms with Gasteiger partial charge in [-0.2, -0.15) is 4.39 Å². The van der Waals surface area contributed by atoms with Crippen LogP contribution in [0.1, 0.15) is 17.3 Å². The van der Waals surface area contributed by atoms with Crippen molar-refractivity contribution in [1.82, 2.24) is 4.90 Å². The van der Waals surface area contributed by atoms with Crippen molar-refractivity contribution < 1.29 is 18.8 Å². The van der Waals surface area contributed by atoms with Gasteiger partial charge < -0.3 is 9.64 Å². The molecule has 0 aliphatic carbocycles. The van der Waals surface area contributed by atoms with Crippen LogP contribution in [0.4, 0.5) is 10.1 Å². The van der Waals surface area contributed by atoms with E-state index in [4.69, 9.17) is 4.74 Å². The zero-order valence-corrected chi connectivity index (χ0v) is 10.3. The molecule has 1 amide bonds. The fraction of sp³-hybridized carbons (Fsp3) is 0.417. The highest BCUT2D eigenvalue weighted by Gasteiger charge is 2.24. The highest BCUT2D eigenvalue weighted by Crippen LogP contribution is 2.20. The third-order valence-electron chi connectivity index (χ3n) is 2.92. The first kappa shape index (κ1) is 13.4. The molecule has 102 valence electrons. The number of carbonyl (C=O) groups excluding carboxylic acids is 1. The van der Waals surface area contributed by atoms with Gasteiger partial charge in [0.15, 0.2) is 0 Å². The van der Waals surface area contributed by atoms with Crippen molar-refractivity contribution in [2.24, 2.45) is 0 Å². The van der Waals surface area contributed by atoms with E-state index in [9.17, 15) is 19.3 Å². The van der Waals surface area contributed by atoms with Gasteiger partial charge in [0.05, 0.1) is 17.6 Å². The average molecular weight is 268 g/mol. The molecular weight excluding hydrogens is 255 g/mol.